The van der Waals surface area contributed by atoms with Gasteiger partial charge in [0.05, 0.1) is 0 Å². The fraction of sp³-hybridized carbons (Fsp3) is 0.400. The van der Waals surface area contributed by atoms with Gasteiger partial charge in [-0.15, -0.1) is 15.3 Å². The SMILES string of the molecule is Cc1nnc2ccc(N3CC(N(C)Cc4cncnc4)C3)nn12. The van der Waals surface area contributed by atoms with Crippen LogP contribution in [0.1, 0.15) is 11.4 Å². The molecule has 8 nitrogen and oxygen atoms in total. The number of nitrogens with zero attached hydrogens (tertiary/aromatic N) is 8. The summed E-state index contributed by atoms with van der Waals surface area (Å²) in [6.45, 7) is 4.69. The number of likely N-dealkylation sites (N-methyl/N-ethyl adjacent to an activating group) is 1. The highest BCUT2D eigenvalue weighted by molar-refractivity contribution is 5.47. The standard InChI is InChI=1S/C15H18N8/c1-11-18-19-14-3-4-15(20-23(11)14)22-8-13(9-22)21(2)7-12-5-16-10-17-6-12/h3-6,10,13H,7-9H2,1-2H3. The Morgan fingerprint density at radius 3 is 2.74 bits per heavy atom. The quantitative estimate of drug-likeness (QED) is 0.696. The first-order chi connectivity index (χ1) is 11.2. The largest absolute Gasteiger partial charge is 0.352 e. The molecular formula is C15H18N8. The monoisotopic (exact) mass is 310 g/mol. The van der Waals surface area contributed by atoms with Crippen LogP contribution >= 0.6 is 0 Å². The van der Waals surface area contributed by atoms with Gasteiger partial charge in [-0.3, -0.25) is 4.90 Å². The van der Waals surface area contributed by atoms with Crippen molar-refractivity contribution in [1.29, 1.82) is 0 Å². The molecule has 0 atom stereocenters. The zero-order chi connectivity index (χ0) is 15.8. The average Bonchev–Trinajstić information content (AvgIpc) is 2.88. The van der Waals surface area contributed by atoms with Crippen LogP contribution in [0.3, 0.4) is 0 Å². The number of rotatable bonds is 4. The lowest BCUT2D eigenvalue weighted by Gasteiger charge is -2.44. The number of aromatic nitrogens is 6. The van der Waals surface area contributed by atoms with E-state index in [4.69, 9.17) is 0 Å². The zero-order valence-electron chi connectivity index (χ0n) is 13.2. The maximum absolute atomic E-state index is 4.61. The fourth-order valence-corrected chi connectivity index (χ4v) is 2.80. The molecule has 0 aliphatic carbocycles. The van der Waals surface area contributed by atoms with Crippen LogP contribution in [0.25, 0.3) is 5.65 Å². The van der Waals surface area contributed by atoms with Crippen molar-refractivity contribution in [2.75, 3.05) is 25.0 Å². The molecule has 3 aromatic rings. The molecule has 0 saturated carbocycles. The molecule has 4 heterocycles. The van der Waals surface area contributed by atoms with Crippen molar-refractivity contribution in [2.45, 2.75) is 19.5 Å². The van der Waals surface area contributed by atoms with Gasteiger partial charge in [0.1, 0.15) is 12.1 Å². The first kappa shape index (κ1) is 14.0. The van der Waals surface area contributed by atoms with Gasteiger partial charge in [0.2, 0.25) is 0 Å². The van der Waals surface area contributed by atoms with Crippen LogP contribution in [0.4, 0.5) is 5.82 Å². The molecule has 0 N–H and O–H groups in total. The van der Waals surface area contributed by atoms with E-state index in [1.807, 2.05) is 31.5 Å². The molecule has 118 valence electrons. The predicted molar refractivity (Wildman–Crippen MR) is 85.0 cm³/mol. The second-order valence-electron chi connectivity index (χ2n) is 5.93. The summed E-state index contributed by atoms with van der Waals surface area (Å²) in [5, 5.41) is 12.7. The first-order valence-corrected chi connectivity index (χ1v) is 7.59. The minimum atomic E-state index is 0.509. The third-order valence-corrected chi connectivity index (χ3v) is 4.26. The van der Waals surface area contributed by atoms with E-state index in [9.17, 15) is 0 Å². The van der Waals surface area contributed by atoms with Gasteiger partial charge < -0.3 is 4.90 Å². The zero-order valence-corrected chi connectivity index (χ0v) is 13.2. The van der Waals surface area contributed by atoms with Gasteiger partial charge in [0, 0.05) is 43.6 Å². The lowest BCUT2D eigenvalue weighted by molar-refractivity contribution is 0.196. The molecule has 8 heteroatoms. The van der Waals surface area contributed by atoms with E-state index in [-0.39, 0.29) is 0 Å². The number of fused-ring (bicyclic) bond motifs is 1. The Labute approximate surface area is 133 Å². The average molecular weight is 310 g/mol. The van der Waals surface area contributed by atoms with Crippen LogP contribution in [0.2, 0.25) is 0 Å². The van der Waals surface area contributed by atoms with Crippen LogP contribution in [0.15, 0.2) is 30.9 Å². The summed E-state index contributed by atoms with van der Waals surface area (Å²) in [5.74, 6) is 1.77. The molecule has 0 radical (unpaired) electrons. The molecule has 1 aliphatic rings. The maximum Gasteiger partial charge on any atom is 0.178 e. The van der Waals surface area contributed by atoms with Gasteiger partial charge in [-0.2, -0.15) is 4.52 Å². The van der Waals surface area contributed by atoms with Gasteiger partial charge in [-0.05, 0) is 26.1 Å². The summed E-state index contributed by atoms with van der Waals surface area (Å²) < 4.78 is 1.79. The summed E-state index contributed by atoms with van der Waals surface area (Å²) in [6, 6.07) is 4.47. The minimum Gasteiger partial charge on any atom is -0.352 e. The molecule has 0 amide bonds. The van der Waals surface area contributed by atoms with Crippen molar-refractivity contribution >= 4 is 11.5 Å². The van der Waals surface area contributed by atoms with E-state index in [0.717, 1.165) is 42.5 Å². The third kappa shape index (κ3) is 2.61. The molecule has 0 spiro atoms. The fourth-order valence-electron chi connectivity index (χ4n) is 2.80. The molecule has 0 bridgehead atoms. The van der Waals surface area contributed by atoms with Crippen molar-refractivity contribution in [3.05, 3.63) is 42.2 Å². The predicted octanol–water partition coefficient (Wildman–Crippen LogP) is 0.543. The summed E-state index contributed by atoms with van der Waals surface area (Å²) >= 11 is 0. The van der Waals surface area contributed by atoms with E-state index in [1.165, 1.54) is 0 Å². The number of aryl methyl sites for hydroxylation is 1. The summed E-state index contributed by atoms with van der Waals surface area (Å²) in [6.07, 6.45) is 5.29. The van der Waals surface area contributed by atoms with Gasteiger partial charge >= 0.3 is 0 Å². The highest BCUT2D eigenvalue weighted by Crippen LogP contribution is 2.22. The highest BCUT2D eigenvalue weighted by atomic mass is 15.4. The maximum atomic E-state index is 4.61. The van der Waals surface area contributed by atoms with Crippen LogP contribution in [0, 0.1) is 6.92 Å². The topological polar surface area (TPSA) is 75.3 Å². The van der Waals surface area contributed by atoms with E-state index >= 15 is 0 Å². The van der Waals surface area contributed by atoms with E-state index in [1.54, 1.807) is 10.8 Å². The minimum absolute atomic E-state index is 0.509. The van der Waals surface area contributed by atoms with Crippen LogP contribution in [-0.2, 0) is 6.54 Å². The number of hydrogen-bond acceptors (Lipinski definition) is 7. The Bertz CT molecular complexity index is 809. The highest BCUT2D eigenvalue weighted by Gasteiger charge is 2.31. The molecule has 1 aliphatic heterocycles. The van der Waals surface area contributed by atoms with E-state index in [0.29, 0.717) is 6.04 Å². The first-order valence-electron chi connectivity index (χ1n) is 7.59. The molecule has 4 rings (SSSR count). The Kier molecular flexibility index (Phi) is 3.38. The number of anilines is 1. The van der Waals surface area contributed by atoms with Gasteiger partial charge in [0.15, 0.2) is 11.5 Å². The van der Waals surface area contributed by atoms with E-state index < -0.39 is 0 Å². The van der Waals surface area contributed by atoms with Gasteiger partial charge in [-0.25, -0.2) is 9.97 Å². The molecule has 1 saturated heterocycles. The van der Waals surface area contributed by atoms with Gasteiger partial charge in [-0.1, -0.05) is 0 Å². The summed E-state index contributed by atoms with van der Waals surface area (Å²) in [5.41, 5.74) is 1.91. The Hall–Kier alpha value is -2.61. The van der Waals surface area contributed by atoms with Crippen LogP contribution in [0.5, 0.6) is 0 Å². The molecule has 3 aromatic heterocycles. The Balaban J connectivity index is 1.41. The molecule has 23 heavy (non-hydrogen) atoms. The van der Waals surface area contributed by atoms with Crippen molar-refractivity contribution in [3.63, 3.8) is 0 Å². The second-order valence-corrected chi connectivity index (χ2v) is 5.93. The third-order valence-electron chi connectivity index (χ3n) is 4.26. The van der Waals surface area contributed by atoms with Crippen molar-refractivity contribution in [3.8, 4) is 0 Å². The second kappa shape index (κ2) is 5.54. The van der Waals surface area contributed by atoms with Crippen molar-refractivity contribution in [2.24, 2.45) is 0 Å². The van der Waals surface area contributed by atoms with Gasteiger partial charge in [0.25, 0.3) is 0 Å². The summed E-state index contributed by atoms with van der Waals surface area (Å²) in [4.78, 5) is 12.7. The lowest BCUT2D eigenvalue weighted by Crippen LogP contribution is -2.58. The number of hydrogen-bond donors (Lipinski definition) is 0. The van der Waals surface area contributed by atoms with E-state index in [2.05, 4.69) is 42.1 Å². The Morgan fingerprint density at radius 2 is 1.96 bits per heavy atom. The van der Waals surface area contributed by atoms with Crippen molar-refractivity contribution in [1.82, 2.24) is 34.7 Å². The normalized spacial score (nSPS) is 15.3. The van der Waals surface area contributed by atoms with Crippen molar-refractivity contribution < 1.29 is 0 Å². The molecule has 1 fully saturated rings. The lowest BCUT2D eigenvalue weighted by atomic mass is 10.1. The molecule has 0 unspecified atom stereocenters. The van der Waals surface area contributed by atoms with Crippen LogP contribution in [-0.4, -0.2) is 60.9 Å². The molecular weight excluding hydrogens is 292 g/mol. The Morgan fingerprint density at radius 1 is 1.17 bits per heavy atom. The molecule has 0 aromatic carbocycles. The smallest absolute Gasteiger partial charge is 0.178 e. The van der Waals surface area contributed by atoms with Crippen LogP contribution < -0.4 is 4.90 Å². The summed E-state index contributed by atoms with van der Waals surface area (Å²) in [7, 11) is 2.13.